The van der Waals surface area contributed by atoms with Crippen molar-refractivity contribution in [1.82, 2.24) is 4.98 Å². The number of hydrogen-bond donors (Lipinski definition) is 1. The lowest BCUT2D eigenvalue weighted by molar-refractivity contribution is -0.119. The standard InChI is InChI=1S/C14H18N2O4/c1-4-20-14(19)11-6-10-5-8(2)13(18)16(9(3)17)12(10)7-15-11/h6-8,13,18H,4-5H2,1-3H3/t8?,13-/m0/s1. The minimum Gasteiger partial charge on any atom is -0.461 e. The summed E-state index contributed by atoms with van der Waals surface area (Å²) < 4.78 is 4.91. The zero-order chi connectivity index (χ0) is 14.9. The molecule has 0 aliphatic carbocycles. The summed E-state index contributed by atoms with van der Waals surface area (Å²) in [5.41, 5.74) is 1.59. The first-order valence-electron chi connectivity index (χ1n) is 6.59. The maximum Gasteiger partial charge on any atom is 0.356 e. The molecule has 2 atom stereocenters. The van der Waals surface area contributed by atoms with Gasteiger partial charge in [-0.05, 0) is 25.0 Å². The summed E-state index contributed by atoms with van der Waals surface area (Å²) in [6, 6.07) is 1.63. The van der Waals surface area contributed by atoms with Crippen LogP contribution >= 0.6 is 0 Å². The van der Waals surface area contributed by atoms with Crippen LogP contribution in [0.25, 0.3) is 0 Å². The van der Waals surface area contributed by atoms with Crippen LogP contribution in [0.1, 0.15) is 36.8 Å². The Bertz CT molecular complexity index is 544. The number of carbonyl (C=O) groups excluding carboxylic acids is 2. The molecule has 0 aromatic carbocycles. The van der Waals surface area contributed by atoms with Gasteiger partial charge in [-0.25, -0.2) is 9.78 Å². The molecule has 0 spiro atoms. The van der Waals surface area contributed by atoms with Crippen molar-refractivity contribution in [1.29, 1.82) is 0 Å². The van der Waals surface area contributed by atoms with Gasteiger partial charge in [-0.3, -0.25) is 9.69 Å². The molecule has 108 valence electrons. The molecule has 0 saturated carbocycles. The summed E-state index contributed by atoms with van der Waals surface area (Å²) >= 11 is 0. The Labute approximate surface area is 117 Å². The molecule has 2 heterocycles. The Hall–Kier alpha value is -1.95. The van der Waals surface area contributed by atoms with Crippen LogP contribution in [0.2, 0.25) is 0 Å². The molecule has 1 N–H and O–H groups in total. The van der Waals surface area contributed by atoms with Crippen molar-refractivity contribution in [3.8, 4) is 0 Å². The number of pyridine rings is 1. The molecule has 1 aliphatic heterocycles. The van der Waals surface area contributed by atoms with Gasteiger partial charge in [-0.1, -0.05) is 6.92 Å². The third-order valence-corrected chi connectivity index (χ3v) is 3.36. The molecule has 0 fully saturated rings. The molecule has 1 aromatic rings. The highest BCUT2D eigenvalue weighted by Gasteiger charge is 2.33. The lowest BCUT2D eigenvalue weighted by atomic mass is 9.92. The predicted molar refractivity (Wildman–Crippen MR) is 72.2 cm³/mol. The molecule has 6 heteroatoms. The number of nitrogens with zero attached hydrogens (tertiary/aromatic N) is 2. The number of hydrogen-bond acceptors (Lipinski definition) is 5. The van der Waals surface area contributed by atoms with Gasteiger partial charge in [0, 0.05) is 12.8 Å². The summed E-state index contributed by atoms with van der Waals surface area (Å²) in [5, 5.41) is 10.1. The van der Waals surface area contributed by atoms with Crippen molar-refractivity contribution in [2.75, 3.05) is 11.5 Å². The van der Waals surface area contributed by atoms with Crippen LogP contribution in [0.4, 0.5) is 5.69 Å². The van der Waals surface area contributed by atoms with Gasteiger partial charge in [0.25, 0.3) is 0 Å². The van der Waals surface area contributed by atoms with E-state index in [1.807, 2.05) is 6.92 Å². The molecule has 1 amide bonds. The number of esters is 1. The smallest absolute Gasteiger partial charge is 0.356 e. The monoisotopic (exact) mass is 278 g/mol. The van der Waals surface area contributed by atoms with Gasteiger partial charge in [-0.15, -0.1) is 0 Å². The Morgan fingerprint density at radius 2 is 2.25 bits per heavy atom. The van der Waals surface area contributed by atoms with Crippen LogP contribution < -0.4 is 4.90 Å². The fraction of sp³-hybridized carbons (Fsp3) is 0.500. The van der Waals surface area contributed by atoms with Crippen LogP contribution in [0.15, 0.2) is 12.3 Å². The fourth-order valence-corrected chi connectivity index (χ4v) is 2.39. The minimum absolute atomic E-state index is 0.108. The van der Waals surface area contributed by atoms with E-state index < -0.39 is 12.2 Å². The van der Waals surface area contributed by atoms with E-state index in [4.69, 9.17) is 4.74 Å². The zero-order valence-electron chi connectivity index (χ0n) is 11.8. The molecule has 1 unspecified atom stereocenters. The van der Waals surface area contributed by atoms with Crippen LogP contribution in [0.3, 0.4) is 0 Å². The van der Waals surface area contributed by atoms with Gasteiger partial charge < -0.3 is 9.84 Å². The highest BCUT2D eigenvalue weighted by molar-refractivity contribution is 5.94. The first-order valence-corrected chi connectivity index (χ1v) is 6.59. The van der Waals surface area contributed by atoms with E-state index in [-0.39, 0.29) is 24.1 Å². The second-order valence-electron chi connectivity index (χ2n) is 4.90. The molecule has 1 aliphatic rings. The molecule has 0 bridgehead atoms. The van der Waals surface area contributed by atoms with Crippen molar-refractivity contribution >= 4 is 17.6 Å². The Morgan fingerprint density at radius 3 is 2.85 bits per heavy atom. The first-order chi connectivity index (χ1) is 9.45. The lowest BCUT2D eigenvalue weighted by Crippen LogP contribution is -2.47. The van der Waals surface area contributed by atoms with Crippen molar-refractivity contribution in [2.24, 2.45) is 5.92 Å². The van der Waals surface area contributed by atoms with Crippen LogP contribution in [-0.4, -0.2) is 34.8 Å². The van der Waals surface area contributed by atoms with Gasteiger partial charge in [0.1, 0.15) is 11.9 Å². The van der Waals surface area contributed by atoms with Gasteiger partial charge in [0.2, 0.25) is 5.91 Å². The number of aliphatic hydroxyl groups is 1. The number of fused-ring (bicyclic) bond motifs is 1. The molecule has 0 radical (unpaired) electrons. The Balaban J connectivity index is 2.41. The first kappa shape index (κ1) is 14.5. The van der Waals surface area contributed by atoms with Gasteiger partial charge in [0.05, 0.1) is 18.5 Å². The Morgan fingerprint density at radius 1 is 1.55 bits per heavy atom. The molecule has 0 saturated heterocycles. The second kappa shape index (κ2) is 5.58. The Kier molecular flexibility index (Phi) is 4.04. The highest BCUT2D eigenvalue weighted by Crippen LogP contribution is 2.32. The third kappa shape index (κ3) is 2.51. The third-order valence-electron chi connectivity index (χ3n) is 3.36. The summed E-state index contributed by atoms with van der Waals surface area (Å²) in [4.78, 5) is 28.7. The SMILES string of the molecule is CCOC(=O)c1cc2c(cn1)N(C(C)=O)[C@@H](O)C(C)C2. The summed E-state index contributed by atoms with van der Waals surface area (Å²) in [6.07, 6.45) is 1.16. The molecular weight excluding hydrogens is 260 g/mol. The van der Waals surface area contributed by atoms with Gasteiger partial charge in [0.15, 0.2) is 0 Å². The summed E-state index contributed by atoms with van der Waals surface area (Å²) in [6.45, 7) is 5.26. The van der Waals surface area contributed by atoms with Crippen LogP contribution in [-0.2, 0) is 16.0 Å². The van der Waals surface area contributed by atoms with Crippen molar-refractivity contribution in [3.05, 3.63) is 23.5 Å². The van der Waals surface area contributed by atoms with E-state index in [9.17, 15) is 14.7 Å². The molecule has 20 heavy (non-hydrogen) atoms. The number of amides is 1. The van der Waals surface area contributed by atoms with Crippen molar-refractivity contribution < 1.29 is 19.4 Å². The zero-order valence-corrected chi connectivity index (χ0v) is 11.8. The molecule has 6 nitrogen and oxygen atoms in total. The topological polar surface area (TPSA) is 79.7 Å². The van der Waals surface area contributed by atoms with Crippen molar-refractivity contribution in [2.45, 2.75) is 33.4 Å². The maximum atomic E-state index is 11.7. The molecule has 2 rings (SSSR count). The number of rotatable bonds is 2. The number of carbonyl (C=O) groups is 2. The maximum absolute atomic E-state index is 11.7. The number of aliphatic hydroxyl groups excluding tert-OH is 1. The number of ether oxygens (including phenoxy) is 1. The van der Waals surface area contributed by atoms with Crippen LogP contribution in [0.5, 0.6) is 0 Å². The summed E-state index contributed by atoms with van der Waals surface area (Å²) in [5.74, 6) is -0.844. The largest absolute Gasteiger partial charge is 0.461 e. The second-order valence-corrected chi connectivity index (χ2v) is 4.90. The van der Waals surface area contributed by atoms with E-state index in [0.29, 0.717) is 12.1 Å². The van der Waals surface area contributed by atoms with E-state index in [1.54, 1.807) is 13.0 Å². The van der Waals surface area contributed by atoms with Crippen molar-refractivity contribution in [3.63, 3.8) is 0 Å². The average Bonchev–Trinajstić information content (AvgIpc) is 2.39. The average molecular weight is 278 g/mol. The van der Waals surface area contributed by atoms with E-state index in [1.165, 1.54) is 18.0 Å². The van der Waals surface area contributed by atoms with Gasteiger partial charge >= 0.3 is 5.97 Å². The number of aromatic nitrogens is 1. The highest BCUT2D eigenvalue weighted by atomic mass is 16.5. The lowest BCUT2D eigenvalue weighted by Gasteiger charge is -2.37. The minimum atomic E-state index is -0.866. The van der Waals surface area contributed by atoms with E-state index in [2.05, 4.69) is 4.98 Å². The molecule has 1 aromatic heterocycles. The van der Waals surface area contributed by atoms with Crippen LogP contribution in [0, 0.1) is 5.92 Å². The fourth-order valence-electron chi connectivity index (χ4n) is 2.39. The summed E-state index contributed by atoms with van der Waals surface area (Å²) in [7, 11) is 0. The molecular formula is C14H18N2O4. The predicted octanol–water partition coefficient (Wildman–Crippen LogP) is 1.12. The van der Waals surface area contributed by atoms with Gasteiger partial charge in [-0.2, -0.15) is 0 Å². The quantitative estimate of drug-likeness (QED) is 0.820. The van der Waals surface area contributed by atoms with E-state index in [0.717, 1.165) is 5.56 Å². The number of anilines is 1. The normalized spacial score (nSPS) is 21.3. The van der Waals surface area contributed by atoms with E-state index >= 15 is 0 Å².